The van der Waals surface area contributed by atoms with Crippen molar-refractivity contribution in [1.29, 1.82) is 0 Å². The number of nitrogens with one attached hydrogen (secondary N) is 1. The summed E-state index contributed by atoms with van der Waals surface area (Å²) in [5.74, 6) is -0.464. The maximum atomic E-state index is 13.2. The van der Waals surface area contributed by atoms with Crippen molar-refractivity contribution in [2.24, 2.45) is 0 Å². The van der Waals surface area contributed by atoms with Crippen molar-refractivity contribution in [2.75, 3.05) is 11.1 Å². The average Bonchev–Trinajstić information content (AvgIpc) is 2.59. The molecule has 0 bridgehead atoms. The van der Waals surface area contributed by atoms with Crippen LogP contribution in [0, 0.1) is 19.7 Å². The molecule has 0 amide bonds. The summed E-state index contributed by atoms with van der Waals surface area (Å²) in [5, 5.41) is 3.52. The zero-order chi connectivity index (χ0) is 18.8. The van der Waals surface area contributed by atoms with Gasteiger partial charge in [-0.25, -0.2) is 4.39 Å². The standard InChI is InChI=1S/C21H18ClFN2O/c1-12-3-5-15(24)10-18(12)21(26)17-7-6-16(11-19(17)22)25-20-8-4-14(23)9-13(20)2/h3-11,25H,24H2,1-2H3. The highest BCUT2D eigenvalue weighted by molar-refractivity contribution is 6.35. The Kier molecular flexibility index (Phi) is 4.96. The summed E-state index contributed by atoms with van der Waals surface area (Å²) >= 11 is 6.35. The van der Waals surface area contributed by atoms with Crippen molar-refractivity contribution >= 4 is 34.4 Å². The molecule has 0 aromatic heterocycles. The molecule has 3 nitrogen and oxygen atoms in total. The van der Waals surface area contributed by atoms with Crippen LogP contribution in [0.25, 0.3) is 0 Å². The normalized spacial score (nSPS) is 10.6. The first-order chi connectivity index (χ1) is 12.3. The lowest BCUT2D eigenvalue weighted by Gasteiger charge is -2.12. The molecule has 132 valence electrons. The number of aryl methyl sites for hydroxylation is 2. The minimum atomic E-state index is -0.287. The van der Waals surface area contributed by atoms with E-state index in [0.29, 0.717) is 27.5 Å². The second-order valence-electron chi connectivity index (χ2n) is 6.18. The van der Waals surface area contributed by atoms with E-state index in [-0.39, 0.29) is 11.6 Å². The van der Waals surface area contributed by atoms with Crippen molar-refractivity contribution in [3.05, 3.63) is 87.7 Å². The van der Waals surface area contributed by atoms with Gasteiger partial charge in [-0.1, -0.05) is 17.7 Å². The smallest absolute Gasteiger partial charge is 0.194 e. The van der Waals surface area contributed by atoms with Crippen molar-refractivity contribution < 1.29 is 9.18 Å². The summed E-state index contributed by atoms with van der Waals surface area (Å²) in [6.07, 6.45) is 0. The lowest BCUT2D eigenvalue weighted by atomic mass is 9.98. The lowest BCUT2D eigenvalue weighted by Crippen LogP contribution is -2.06. The number of hydrogen-bond acceptors (Lipinski definition) is 3. The first-order valence-corrected chi connectivity index (χ1v) is 8.46. The highest BCUT2D eigenvalue weighted by atomic mass is 35.5. The van der Waals surface area contributed by atoms with E-state index in [1.807, 2.05) is 19.9 Å². The molecule has 3 N–H and O–H groups in total. The monoisotopic (exact) mass is 368 g/mol. The van der Waals surface area contributed by atoms with Gasteiger partial charge in [0.25, 0.3) is 0 Å². The maximum Gasteiger partial charge on any atom is 0.194 e. The molecule has 5 heteroatoms. The number of rotatable bonds is 4. The van der Waals surface area contributed by atoms with Gasteiger partial charge in [-0.05, 0) is 73.5 Å². The van der Waals surface area contributed by atoms with Gasteiger partial charge < -0.3 is 11.1 Å². The van der Waals surface area contributed by atoms with Crippen LogP contribution in [-0.4, -0.2) is 5.78 Å². The largest absolute Gasteiger partial charge is 0.399 e. The van der Waals surface area contributed by atoms with Crippen LogP contribution in [0.1, 0.15) is 27.0 Å². The molecule has 0 aliphatic carbocycles. The Labute approximate surface area is 156 Å². The number of nitrogens with two attached hydrogens (primary N) is 1. The highest BCUT2D eigenvalue weighted by Gasteiger charge is 2.16. The predicted octanol–water partition coefficient (Wildman–Crippen LogP) is 5.65. The molecule has 0 heterocycles. The van der Waals surface area contributed by atoms with Crippen LogP contribution in [0.4, 0.5) is 21.5 Å². The number of anilines is 3. The molecule has 0 spiro atoms. The molecule has 0 saturated heterocycles. The number of hydrogen-bond donors (Lipinski definition) is 2. The van der Waals surface area contributed by atoms with Crippen LogP contribution in [-0.2, 0) is 0 Å². The molecule has 0 aliphatic heterocycles. The Morgan fingerprint density at radius 1 is 0.962 bits per heavy atom. The molecule has 3 aromatic carbocycles. The van der Waals surface area contributed by atoms with E-state index in [1.165, 1.54) is 12.1 Å². The fourth-order valence-corrected chi connectivity index (χ4v) is 3.00. The van der Waals surface area contributed by atoms with Crippen LogP contribution in [0.15, 0.2) is 54.6 Å². The quantitative estimate of drug-likeness (QED) is 0.462. The molecule has 3 rings (SSSR count). The summed E-state index contributed by atoms with van der Waals surface area (Å²) in [5.41, 5.74) is 10.4. The van der Waals surface area contributed by atoms with Crippen LogP contribution in [0.2, 0.25) is 5.02 Å². The zero-order valence-electron chi connectivity index (χ0n) is 14.4. The van der Waals surface area contributed by atoms with E-state index in [4.69, 9.17) is 17.3 Å². The third-order valence-electron chi connectivity index (χ3n) is 4.19. The number of nitrogen functional groups attached to an aromatic ring is 1. The van der Waals surface area contributed by atoms with Gasteiger partial charge in [-0.3, -0.25) is 4.79 Å². The molecular weight excluding hydrogens is 351 g/mol. The Bertz CT molecular complexity index is 1000. The Morgan fingerprint density at radius 2 is 1.73 bits per heavy atom. The van der Waals surface area contributed by atoms with Gasteiger partial charge in [0, 0.05) is 28.2 Å². The first-order valence-electron chi connectivity index (χ1n) is 8.08. The molecule has 0 fully saturated rings. The highest BCUT2D eigenvalue weighted by Crippen LogP contribution is 2.28. The second-order valence-corrected chi connectivity index (χ2v) is 6.59. The number of carbonyl (C=O) groups is 1. The average molecular weight is 369 g/mol. The second kappa shape index (κ2) is 7.18. The van der Waals surface area contributed by atoms with Gasteiger partial charge >= 0.3 is 0 Å². The van der Waals surface area contributed by atoms with Crippen LogP contribution < -0.4 is 11.1 Å². The Balaban J connectivity index is 1.90. The van der Waals surface area contributed by atoms with Gasteiger partial charge in [0.15, 0.2) is 5.78 Å². The van der Waals surface area contributed by atoms with E-state index in [9.17, 15) is 9.18 Å². The molecule has 0 saturated carbocycles. The summed E-state index contributed by atoms with van der Waals surface area (Å²) in [6.45, 7) is 3.67. The molecular formula is C21H18ClFN2O. The SMILES string of the molecule is Cc1cc(F)ccc1Nc1ccc(C(=O)c2cc(N)ccc2C)c(Cl)c1. The predicted molar refractivity (Wildman–Crippen MR) is 105 cm³/mol. The Hall–Kier alpha value is -2.85. The number of ketones is 1. The first kappa shape index (κ1) is 18.0. The minimum absolute atomic E-state index is 0.177. The number of carbonyl (C=O) groups excluding carboxylic acids is 1. The van der Waals surface area contributed by atoms with Crippen molar-refractivity contribution in [3.8, 4) is 0 Å². The van der Waals surface area contributed by atoms with Crippen LogP contribution in [0.3, 0.4) is 0 Å². The minimum Gasteiger partial charge on any atom is -0.399 e. The Morgan fingerprint density at radius 3 is 2.42 bits per heavy atom. The molecule has 0 unspecified atom stereocenters. The summed E-state index contributed by atoms with van der Waals surface area (Å²) < 4.78 is 13.2. The summed E-state index contributed by atoms with van der Waals surface area (Å²) in [7, 11) is 0. The molecule has 3 aromatic rings. The summed E-state index contributed by atoms with van der Waals surface area (Å²) in [6, 6.07) is 14.8. The van der Waals surface area contributed by atoms with Gasteiger partial charge in [0.2, 0.25) is 0 Å². The number of halogens is 2. The maximum absolute atomic E-state index is 13.2. The van der Waals surface area contributed by atoms with Gasteiger partial charge in [0.1, 0.15) is 5.82 Å². The third kappa shape index (κ3) is 3.70. The van der Waals surface area contributed by atoms with Gasteiger partial charge in [-0.15, -0.1) is 0 Å². The van der Waals surface area contributed by atoms with Crippen molar-refractivity contribution in [3.63, 3.8) is 0 Å². The van der Waals surface area contributed by atoms with E-state index in [0.717, 1.165) is 16.8 Å². The van der Waals surface area contributed by atoms with Gasteiger partial charge in [-0.2, -0.15) is 0 Å². The van der Waals surface area contributed by atoms with E-state index in [1.54, 1.807) is 36.4 Å². The molecule has 0 aliphatic rings. The van der Waals surface area contributed by atoms with Crippen molar-refractivity contribution in [1.82, 2.24) is 0 Å². The fraction of sp³-hybridized carbons (Fsp3) is 0.0952. The molecule has 0 atom stereocenters. The van der Waals surface area contributed by atoms with Gasteiger partial charge in [0.05, 0.1) is 5.02 Å². The van der Waals surface area contributed by atoms with Crippen LogP contribution in [0.5, 0.6) is 0 Å². The summed E-state index contributed by atoms with van der Waals surface area (Å²) in [4.78, 5) is 12.8. The molecule has 26 heavy (non-hydrogen) atoms. The third-order valence-corrected chi connectivity index (χ3v) is 4.50. The molecule has 0 radical (unpaired) electrons. The van der Waals surface area contributed by atoms with Crippen LogP contribution >= 0.6 is 11.6 Å². The van der Waals surface area contributed by atoms with E-state index < -0.39 is 0 Å². The van der Waals surface area contributed by atoms with E-state index >= 15 is 0 Å². The van der Waals surface area contributed by atoms with Crippen molar-refractivity contribution in [2.45, 2.75) is 13.8 Å². The number of benzene rings is 3. The fourth-order valence-electron chi connectivity index (χ4n) is 2.73. The topological polar surface area (TPSA) is 55.1 Å². The zero-order valence-corrected chi connectivity index (χ0v) is 15.2. The van der Waals surface area contributed by atoms with E-state index in [2.05, 4.69) is 5.32 Å². The lowest BCUT2D eigenvalue weighted by molar-refractivity contribution is 0.103.